The Morgan fingerprint density at radius 3 is 2.37 bits per heavy atom. The predicted molar refractivity (Wildman–Crippen MR) is 113 cm³/mol. The molecular formula is C24H25O2S+. The van der Waals surface area contributed by atoms with E-state index in [9.17, 15) is 4.79 Å². The van der Waals surface area contributed by atoms with Gasteiger partial charge in [-0.25, -0.2) is 4.79 Å². The third kappa shape index (κ3) is 5.24. The third-order valence-electron chi connectivity index (χ3n) is 4.31. The summed E-state index contributed by atoms with van der Waals surface area (Å²) in [4.78, 5) is 15.5. The van der Waals surface area contributed by atoms with Crippen molar-refractivity contribution in [2.45, 2.75) is 36.0 Å². The minimum absolute atomic E-state index is 0.0879. The predicted octanol–water partition coefficient (Wildman–Crippen LogP) is 5.62. The van der Waals surface area contributed by atoms with Gasteiger partial charge >= 0.3 is 5.97 Å². The molecule has 2 nitrogen and oxygen atoms in total. The number of ether oxygens (including phenoxy) is 1. The van der Waals surface area contributed by atoms with Gasteiger partial charge in [0.05, 0.1) is 17.5 Å². The Morgan fingerprint density at radius 1 is 1.04 bits per heavy atom. The number of rotatable bonds is 7. The fourth-order valence-electron chi connectivity index (χ4n) is 2.88. The van der Waals surface area contributed by atoms with E-state index >= 15 is 0 Å². The molecule has 0 radical (unpaired) electrons. The summed E-state index contributed by atoms with van der Waals surface area (Å²) in [6.07, 6.45) is 9.83. The lowest BCUT2D eigenvalue weighted by Gasteiger charge is -2.11. The van der Waals surface area contributed by atoms with Crippen LogP contribution in [0.4, 0.5) is 0 Å². The normalized spacial score (nSPS) is 14.3. The van der Waals surface area contributed by atoms with E-state index in [1.165, 1.54) is 14.7 Å². The molecule has 0 amide bonds. The lowest BCUT2D eigenvalue weighted by atomic mass is 10.2. The zero-order chi connectivity index (χ0) is 19.1. The molecule has 27 heavy (non-hydrogen) atoms. The van der Waals surface area contributed by atoms with Gasteiger partial charge in [0, 0.05) is 12.0 Å². The molecule has 0 aromatic heterocycles. The Kier molecular flexibility index (Phi) is 6.72. The highest BCUT2D eigenvalue weighted by Crippen LogP contribution is 2.33. The summed E-state index contributed by atoms with van der Waals surface area (Å²) in [6.45, 7) is 5.64. The zero-order valence-corrected chi connectivity index (χ0v) is 16.5. The molecule has 0 aliphatic heterocycles. The van der Waals surface area contributed by atoms with Crippen molar-refractivity contribution in [3.05, 3.63) is 95.4 Å². The highest BCUT2D eigenvalue weighted by Gasteiger charge is 2.29. The van der Waals surface area contributed by atoms with E-state index in [4.69, 9.17) is 4.74 Å². The van der Waals surface area contributed by atoms with Crippen molar-refractivity contribution in [3.8, 4) is 0 Å². The molecule has 1 aliphatic carbocycles. The average molecular weight is 378 g/mol. The van der Waals surface area contributed by atoms with Crippen LogP contribution >= 0.6 is 0 Å². The lowest BCUT2D eigenvalue weighted by molar-refractivity contribution is -0.138. The second-order valence-electron chi connectivity index (χ2n) is 6.52. The molecule has 0 heterocycles. The van der Waals surface area contributed by atoms with Crippen LogP contribution in [0, 0.1) is 0 Å². The van der Waals surface area contributed by atoms with Crippen molar-refractivity contribution in [2.75, 3.05) is 6.61 Å². The van der Waals surface area contributed by atoms with Gasteiger partial charge in [-0.1, -0.05) is 43.0 Å². The fourth-order valence-corrected chi connectivity index (χ4v) is 5.05. The summed E-state index contributed by atoms with van der Waals surface area (Å²) in [5, 5.41) is 0. The largest absolute Gasteiger partial charge is 0.462 e. The quantitative estimate of drug-likeness (QED) is 0.356. The van der Waals surface area contributed by atoms with Crippen molar-refractivity contribution in [3.63, 3.8) is 0 Å². The maximum absolute atomic E-state index is 11.5. The van der Waals surface area contributed by atoms with Gasteiger partial charge in [0.1, 0.15) is 0 Å². The molecule has 3 heteroatoms. The second kappa shape index (κ2) is 9.43. The molecule has 0 saturated heterocycles. The number of hydrogen-bond acceptors (Lipinski definition) is 2. The van der Waals surface area contributed by atoms with Crippen molar-refractivity contribution in [2.24, 2.45) is 0 Å². The fraction of sp³-hybridized carbons (Fsp3) is 0.208. The van der Waals surface area contributed by atoms with Gasteiger partial charge < -0.3 is 4.74 Å². The molecule has 1 atom stereocenters. The second-order valence-corrected chi connectivity index (χ2v) is 8.54. The van der Waals surface area contributed by atoms with E-state index in [0.717, 1.165) is 18.4 Å². The van der Waals surface area contributed by atoms with Gasteiger partial charge in [-0.15, -0.1) is 0 Å². The lowest BCUT2D eigenvalue weighted by Crippen LogP contribution is -2.09. The molecule has 0 fully saturated rings. The minimum Gasteiger partial charge on any atom is -0.462 e. The number of benzene rings is 2. The Hall–Kier alpha value is -2.52. The molecule has 1 aliphatic rings. The summed E-state index contributed by atoms with van der Waals surface area (Å²) in [7, 11) is -0.0879. The SMILES string of the molecule is C=C(C)C(=O)OCCc1ccc([S+](C2=CCCC=C2)c2ccccc2)cc1. The van der Waals surface area contributed by atoms with E-state index < -0.39 is 0 Å². The van der Waals surface area contributed by atoms with Crippen LogP contribution in [-0.2, 0) is 26.8 Å². The van der Waals surface area contributed by atoms with E-state index in [0.29, 0.717) is 18.6 Å². The number of esters is 1. The maximum atomic E-state index is 11.5. The molecule has 0 N–H and O–H groups in total. The molecule has 2 aromatic rings. The number of allylic oxidation sites excluding steroid dienone is 3. The third-order valence-corrected chi connectivity index (χ3v) is 6.57. The zero-order valence-electron chi connectivity index (χ0n) is 15.7. The molecular weight excluding hydrogens is 352 g/mol. The first kappa shape index (κ1) is 19.2. The first-order chi connectivity index (χ1) is 13.1. The van der Waals surface area contributed by atoms with Crippen LogP contribution in [0.3, 0.4) is 0 Å². The monoisotopic (exact) mass is 377 g/mol. The molecule has 1 unspecified atom stereocenters. The molecule has 2 aromatic carbocycles. The van der Waals surface area contributed by atoms with Gasteiger partial charge in [0.25, 0.3) is 0 Å². The van der Waals surface area contributed by atoms with Crippen LogP contribution in [0.15, 0.2) is 99.7 Å². The number of carbonyl (C=O) groups is 1. The Labute approximate surface area is 164 Å². The van der Waals surface area contributed by atoms with Gasteiger partial charge in [0.15, 0.2) is 14.7 Å². The topological polar surface area (TPSA) is 26.3 Å². The average Bonchev–Trinajstić information content (AvgIpc) is 2.71. The van der Waals surface area contributed by atoms with Crippen molar-refractivity contribution >= 4 is 16.9 Å². The number of carbonyl (C=O) groups excluding carboxylic acids is 1. The van der Waals surface area contributed by atoms with Crippen LogP contribution in [0.5, 0.6) is 0 Å². The Morgan fingerprint density at radius 2 is 1.74 bits per heavy atom. The van der Waals surface area contributed by atoms with Crippen LogP contribution in [0.1, 0.15) is 25.3 Å². The van der Waals surface area contributed by atoms with Crippen molar-refractivity contribution in [1.29, 1.82) is 0 Å². The molecule has 0 saturated carbocycles. The van der Waals surface area contributed by atoms with Crippen LogP contribution in [0.25, 0.3) is 0 Å². The summed E-state index contributed by atoms with van der Waals surface area (Å²) >= 11 is 0. The van der Waals surface area contributed by atoms with Gasteiger partial charge in [-0.3, -0.25) is 0 Å². The number of hydrogen-bond donors (Lipinski definition) is 0. The van der Waals surface area contributed by atoms with E-state index in [2.05, 4.69) is 79.4 Å². The Bertz CT molecular complexity index is 848. The van der Waals surface area contributed by atoms with Gasteiger partial charge in [0.2, 0.25) is 0 Å². The highest BCUT2D eigenvalue weighted by molar-refractivity contribution is 8.00. The van der Waals surface area contributed by atoms with Gasteiger partial charge in [-0.2, -0.15) is 0 Å². The van der Waals surface area contributed by atoms with Crippen LogP contribution in [0.2, 0.25) is 0 Å². The summed E-state index contributed by atoms with van der Waals surface area (Å²) in [6, 6.07) is 19.4. The molecule has 3 rings (SSSR count). The Balaban J connectivity index is 1.76. The van der Waals surface area contributed by atoms with Crippen LogP contribution in [-0.4, -0.2) is 12.6 Å². The molecule has 0 spiro atoms. The smallest absolute Gasteiger partial charge is 0.333 e. The molecule has 138 valence electrons. The van der Waals surface area contributed by atoms with Crippen molar-refractivity contribution in [1.82, 2.24) is 0 Å². The van der Waals surface area contributed by atoms with Gasteiger partial charge in [-0.05, 0) is 61.7 Å². The summed E-state index contributed by atoms with van der Waals surface area (Å²) in [5.74, 6) is -0.326. The maximum Gasteiger partial charge on any atom is 0.333 e. The summed E-state index contributed by atoms with van der Waals surface area (Å²) < 4.78 is 5.19. The molecule has 0 bridgehead atoms. The first-order valence-electron chi connectivity index (χ1n) is 9.23. The van der Waals surface area contributed by atoms with E-state index in [1.807, 2.05) is 0 Å². The van der Waals surface area contributed by atoms with Crippen LogP contribution < -0.4 is 0 Å². The van der Waals surface area contributed by atoms with Crippen molar-refractivity contribution < 1.29 is 9.53 Å². The van der Waals surface area contributed by atoms with E-state index in [-0.39, 0.29) is 16.9 Å². The van der Waals surface area contributed by atoms with E-state index in [1.54, 1.807) is 6.92 Å². The summed E-state index contributed by atoms with van der Waals surface area (Å²) in [5.41, 5.74) is 1.60. The minimum atomic E-state index is -0.326. The first-order valence-corrected chi connectivity index (χ1v) is 10.5. The standard InChI is InChI=1S/C24H25O2S/c1-19(2)24(25)26-18-17-20-13-15-23(16-14-20)27(21-9-5-3-6-10-21)22-11-7-4-8-12-22/h3,5-7,9-16H,1,4,8,17-18H2,2H3/q+1. The highest BCUT2D eigenvalue weighted by atomic mass is 32.2.